The monoisotopic (exact) mass is 473 g/mol. The molecule has 9 heteroatoms. The number of hydrogen-bond donors (Lipinski definition) is 0. The summed E-state index contributed by atoms with van der Waals surface area (Å²) >= 11 is 6.20. The van der Waals surface area contributed by atoms with E-state index in [4.69, 9.17) is 16.0 Å². The van der Waals surface area contributed by atoms with Crippen LogP contribution in [0.2, 0.25) is 5.02 Å². The quantitative estimate of drug-likeness (QED) is 0.215. The van der Waals surface area contributed by atoms with E-state index in [1.165, 1.54) is 19.1 Å². The number of imide groups is 1. The van der Waals surface area contributed by atoms with Gasteiger partial charge in [0.15, 0.2) is 0 Å². The summed E-state index contributed by atoms with van der Waals surface area (Å²) in [6, 6.07) is 17.9. The molecule has 1 aliphatic rings. The number of nitrogens with zero attached hydrogens (tertiary/aromatic N) is 3. The van der Waals surface area contributed by atoms with E-state index in [2.05, 4.69) is 0 Å². The average Bonchev–Trinajstić information content (AvgIpc) is 3.29. The number of benzene rings is 2. The summed E-state index contributed by atoms with van der Waals surface area (Å²) in [7, 11) is 0. The third kappa shape index (κ3) is 4.12. The number of amides is 2. The second-order valence-electron chi connectivity index (χ2n) is 7.43. The van der Waals surface area contributed by atoms with Gasteiger partial charge in [-0.05, 0) is 48.4 Å². The maximum Gasteiger partial charge on any atom is 0.280 e. The minimum Gasteiger partial charge on any atom is -0.456 e. The predicted octanol–water partition coefficient (Wildman–Crippen LogP) is 5.30. The number of carbonyl (C=O) groups excluding carboxylic acids is 2. The lowest BCUT2D eigenvalue weighted by Crippen LogP contribution is -2.42. The Morgan fingerprint density at radius 3 is 2.50 bits per heavy atom. The van der Waals surface area contributed by atoms with Crippen LogP contribution in [0.3, 0.4) is 0 Å². The topological polar surface area (TPSA) is 117 Å². The third-order valence-electron chi connectivity index (χ3n) is 5.39. The first-order valence-corrected chi connectivity index (χ1v) is 10.5. The zero-order valence-corrected chi connectivity index (χ0v) is 18.6. The van der Waals surface area contributed by atoms with E-state index in [9.17, 15) is 25.0 Å². The highest BCUT2D eigenvalue weighted by Gasteiger charge is 2.36. The summed E-state index contributed by atoms with van der Waals surface area (Å²) in [5.74, 6) is -0.832. The van der Waals surface area contributed by atoms with Gasteiger partial charge in [-0.25, -0.2) is 0 Å². The Morgan fingerprint density at radius 1 is 1.09 bits per heavy atom. The zero-order chi connectivity index (χ0) is 24.4. The largest absolute Gasteiger partial charge is 0.456 e. The Labute approximate surface area is 199 Å². The second kappa shape index (κ2) is 9.17. The van der Waals surface area contributed by atoms with Crippen LogP contribution in [0.15, 0.2) is 81.8 Å². The maximum atomic E-state index is 13.3. The van der Waals surface area contributed by atoms with Gasteiger partial charge in [-0.3, -0.25) is 24.6 Å². The molecule has 0 atom stereocenters. The molecule has 2 heterocycles. The lowest BCUT2D eigenvalue weighted by molar-refractivity contribution is -0.384. The number of rotatable bonds is 5. The van der Waals surface area contributed by atoms with Crippen molar-refractivity contribution in [1.29, 1.82) is 5.26 Å². The summed E-state index contributed by atoms with van der Waals surface area (Å²) in [5.41, 5.74) is 0.877. The molecule has 0 unspecified atom stereocenters. The highest BCUT2D eigenvalue weighted by atomic mass is 35.5. The SMILES string of the molecule is CC1=C(C#N)C(=O)N(Cc2ccccc2Cl)C(=O)/C1=C/c1ccc(-c2ccccc2[N+](=O)[O-])o1. The van der Waals surface area contributed by atoms with Gasteiger partial charge in [-0.2, -0.15) is 5.26 Å². The van der Waals surface area contributed by atoms with Crippen molar-refractivity contribution in [3.63, 3.8) is 0 Å². The smallest absolute Gasteiger partial charge is 0.280 e. The third-order valence-corrected chi connectivity index (χ3v) is 5.76. The van der Waals surface area contributed by atoms with E-state index >= 15 is 0 Å². The minimum atomic E-state index is -0.706. The first-order chi connectivity index (χ1) is 16.3. The van der Waals surface area contributed by atoms with Gasteiger partial charge in [0.05, 0.1) is 17.0 Å². The van der Waals surface area contributed by atoms with Crippen molar-refractivity contribution >= 4 is 35.2 Å². The summed E-state index contributed by atoms with van der Waals surface area (Å²) in [4.78, 5) is 37.9. The number of carbonyl (C=O) groups is 2. The van der Waals surface area contributed by atoms with Gasteiger partial charge in [0.1, 0.15) is 23.2 Å². The molecule has 4 rings (SSSR count). The molecule has 0 spiro atoms. The Hall–Kier alpha value is -4.48. The fourth-order valence-electron chi connectivity index (χ4n) is 3.63. The minimum absolute atomic E-state index is 0.103. The molecule has 8 nitrogen and oxygen atoms in total. The molecule has 0 bridgehead atoms. The average molecular weight is 474 g/mol. The molecule has 2 aromatic carbocycles. The van der Waals surface area contributed by atoms with Crippen molar-refractivity contribution in [2.75, 3.05) is 0 Å². The van der Waals surface area contributed by atoms with Crippen LogP contribution in [0.1, 0.15) is 18.2 Å². The molecular formula is C25H16ClN3O5. The summed E-state index contributed by atoms with van der Waals surface area (Å²) < 4.78 is 5.77. The van der Waals surface area contributed by atoms with Gasteiger partial charge < -0.3 is 4.42 Å². The van der Waals surface area contributed by atoms with Gasteiger partial charge in [0.2, 0.25) is 0 Å². The van der Waals surface area contributed by atoms with E-state index in [1.807, 2.05) is 6.07 Å². The molecule has 0 radical (unpaired) electrons. The number of nitro benzene ring substituents is 1. The molecule has 0 aliphatic carbocycles. The van der Waals surface area contributed by atoms with Crippen molar-refractivity contribution < 1.29 is 18.9 Å². The van der Waals surface area contributed by atoms with Gasteiger partial charge in [0, 0.05) is 16.7 Å². The Bertz CT molecular complexity index is 1440. The van der Waals surface area contributed by atoms with E-state index < -0.39 is 16.7 Å². The second-order valence-corrected chi connectivity index (χ2v) is 7.84. The molecule has 0 fully saturated rings. The fourth-order valence-corrected chi connectivity index (χ4v) is 3.82. The molecule has 3 aromatic rings. The standard InChI is InChI=1S/C25H16ClN3O5/c1-15-19(12-17-10-11-23(34-17)18-7-3-5-9-22(18)29(32)33)24(30)28(25(31)20(15)13-27)14-16-6-2-4-8-21(16)26/h2-12H,14H2,1H3/b19-12+. The molecule has 1 aliphatic heterocycles. The number of halogens is 1. The summed E-state index contributed by atoms with van der Waals surface area (Å²) in [5, 5.41) is 21.3. The van der Waals surface area contributed by atoms with Gasteiger partial charge in [-0.1, -0.05) is 41.9 Å². The Kier molecular flexibility index (Phi) is 6.13. The number of nitro groups is 1. The Morgan fingerprint density at radius 2 is 1.79 bits per heavy atom. The van der Waals surface area contributed by atoms with E-state index in [0.29, 0.717) is 10.6 Å². The molecule has 168 valence electrons. The van der Waals surface area contributed by atoms with Crippen molar-refractivity contribution in [3.8, 4) is 17.4 Å². The number of hydrogen-bond acceptors (Lipinski definition) is 6. The lowest BCUT2D eigenvalue weighted by atomic mass is 9.94. The molecule has 1 aromatic heterocycles. The van der Waals surface area contributed by atoms with E-state index in [-0.39, 0.29) is 46.0 Å². The first-order valence-electron chi connectivity index (χ1n) is 10.1. The molecule has 0 N–H and O–H groups in total. The molecule has 0 saturated heterocycles. The molecular weight excluding hydrogens is 458 g/mol. The number of furan rings is 1. The van der Waals surface area contributed by atoms with Crippen LogP contribution in [-0.4, -0.2) is 21.6 Å². The van der Waals surface area contributed by atoms with Crippen LogP contribution in [0, 0.1) is 21.4 Å². The van der Waals surface area contributed by atoms with Crippen molar-refractivity contribution in [2.45, 2.75) is 13.5 Å². The highest BCUT2D eigenvalue weighted by Crippen LogP contribution is 2.33. The van der Waals surface area contributed by atoms with E-state index in [0.717, 1.165) is 4.90 Å². The van der Waals surface area contributed by atoms with Crippen LogP contribution in [0.4, 0.5) is 5.69 Å². The number of para-hydroxylation sites is 1. The van der Waals surface area contributed by atoms with Crippen LogP contribution in [-0.2, 0) is 16.1 Å². The number of nitriles is 1. The van der Waals surface area contributed by atoms with Gasteiger partial charge >= 0.3 is 0 Å². The fraction of sp³-hybridized carbons (Fsp3) is 0.0800. The zero-order valence-electron chi connectivity index (χ0n) is 17.8. The maximum absolute atomic E-state index is 13.3. The van der Waals surface area contributed by atoms with Crippen LogP contribution < -0.4 is 0 Å². The van der Waals surface area contributed by atoms with Crippen LogP contribution in [0.25, 0.3) is 17.4 Å². The molecule has 2 amide bonds. The van der Waals surface area contributed by atoms with Crippen LogP contribution >= 0.6 is 11.6 Å². The highest BCUT2D eigenvalue weighted by molar-refractivity contribution is 6.31. The lowest BCUT2D eigenvalue weighted by Gasteiger charge is -2.27. The van der Waals surface area contributed by atoms with E-state index in [1.54, 1.807) is 54.6 Å². The van der Waals surface area contributed by atoms with Crippen molar-refractivity contribution in [1.82, 2.24) is 4.90 Å². The van der Waals surface area contributed by atoms with Crippen molar-refractivity contribution in [2.24, 2.45) is 0 Å². The first kappa shape index (κ1) is 22.7. The van der Waals surface area contributed by atoms with Gasteiger partial charge in [-0.15, -0.1) is 0 Å². The Balaban J connectivity index is 1.74. The predicted molar refractivity (Wildman–Crippen MR) is 124 cm³/mol. The van der Waals surface area contributed by atoms with Crippen LogP contribution in [0.5, 0.6) is 0 Å². The molecule has 34 heavy (non-hydrogen) atoms. The summed E-state index contributed by atoms with van der Waals surface area (Å²) in [6.45, 7) is 1.41. The van der Waals surface area contributed by atoms with Crippen molar-refractivity contribution in [3.05, 3.63) is 104 Å². The van der Waals surface area contributed by atoms with Gasteiger partial charge in [0.25, 0.3) is 17.5 Å². The summed E-state index contributed by atoms with van der Waals surface area (Å²) in [6.07, 6.45) is 1.42. The normalized spacial score (nSPS) is 15.1. The molecule has 0 saturated carbocycles.